The van der Waals surface area contributed by atoms with Crippen LogP contribution in [0.1, 0.15) is 24.8 Å². The number of anilines is 1. The van der Waals surface area contributed by atoms with E-state index < -0.39 is 5.97 Å². The molecule has 8 nitrogen and oxygen atoms in total. The highest BCUT2D eigenvalue weighted by atomic mass is 32.1. The van der Waals surface area contributed by atoms with Crippen LogP contribution in [0, 0.1) is 0 Å². The summed E-state index contributed by atoms with van der Waals surface area (Å²) in [5.41, 5.74) is 6.47. The van der Waals surface area contributed by atoms with Crippen molar-refractivity contribution in [3.8, 4) is 22.4 Å². The number of hydrogen-bond donors (Lipinski definition) is 3. The maximum absolute atomic E-state index is 12.4. The van der Waals surface area contributed by atoms with Gasteiger partial charge in [-0.15, -0.1) is 11.3 Å². The molecule has 2 aromatic carbocycles. The summed E-state index contributed by atoms with van der Waals surface area (Å²) in [6, 6.07) is 15.7. The minimum atomic E-state index is -0.795. The van der Waals surface area contributed by atoms with E-state index >= 15 is 0 Å². The zero-order chi connectivity index (χ0) is 25.8. The van der Waals surface area contributed by atoms with Crippen molar-refractivity contribution in [3.05, 3.63) is 65.8 Å². The predicted octanol–water partition coefficient (Wildman–Crippen LogP) is 5.26. The number of hydrogen-bond acceptors (Lipinski definition) is 6. The predicted molar refractivity (Wildman–Crippen MR) is 147 cm³/mol. The second kappa shape index (κ2) is 11.1. The molecule has 5 rings (SSSR count). The molecule has 1 aliphatic heterocycles. The van der Waals surface area contributed by atoms with Gasteiger partial charge in [0.2, 0.25) is 0 Å². The number of amides is 2. The van der Waals surface area contributed by atoms with E-state index in [0.29, 0.717) is 6.42 Å². The first kappa shape index (κ1) is 24.9. The van der Waals surface area contributed by atoms with Gasteiger partial charge in [0.05, 0.1) is 15.9 Å². The van der Waals surface area contributed by atoms with E-state index in [0.717, 1.165) is 69.8 Å². The Hall–Kier alpha value is -3.82. The normalized spacial score (nSPS) is 14.5. The van der Waals surface area contributed by atoms with Gasteiger partial charge in [-0.2, -0.15) is 0 Å². The number of aryl methyl sites for hydroxylation is 1. The number of likely N-dealkylation sites (tertiary alicyclic amines) is 1. The number of rotatable bonds is 7. The molecule has 190 valence electrons. The smallest absolute Gasteiger partial charge is 0.319 e. The average Bonchev–Trinajstić information content (AvgIpc) is 3.34. The summed E-state index contributed by atoms with van der Waals surface area (Å²) in [4.78, 5) is 34.7. The number of carboxylic acid groups (broad SMARTS) is 1. The van der Waals surface area contributed by atoms with Crippen LogP contribution in [-0.2, 0) is 11.2 Å². The molecule has 0 aliphatic carbocycles. The van der Waals surface area contributed by atoms with Crippen LogP contribution < -0.4 is 10.6 Å². The van der Waals surface area contributed by atoms with Crippen molar-refractivity contribution < 1.29 is 14.7 Å². The lowest BCUT2D eigenvalue weighted by Gasteiger charge is -2.29. The molecule has 2 aromatic heterocycles. The first-order valence-corrected chi connectivity index (χ1v) is 13.2. The fraction of sp³-hybridized carbons (Fsp3) is 0.286. The maximum Gasteiger partial charge on any atom is 0.319 e. The molecule has 2 amide bonds. The SMILES string of the molecule is CN1CCC(NC(=O)Nc2ccc(-c3ncnc4c(-c5ccc(CCC(=O)O)cc5)csc34)cc2)CC1. The molecule has 3 heterocycles. The lowest BCUT2D eigenvalue weighted by molar-refractivity contribution is -0.136. The number of urea groups is 1. The molecule has 1 saturated heterocycles. The highest BCUT2D eigenvalue weighted by molar-refractivity contribution is 7.18. The van der Waals surface area contributed by atoms with Gasteiger partial charge in [-0.3, -0.25) is 4.79 Å². The summed E-state index contributed by atoms with van der Waals surface area (Å²) >= 11 is 1.60. The number of aromatic nitrogens is 2. The van der Waals surface area contributed by atoms with Crippen molar-refractivity contribution in [3.63, 3.8) is 0 Å². The molecule has 0 atom stereocenters. The average molecular weight is 516 g/mol. The van der Waals surface area contributed by atoms with Crippen LogP contribution in [0.15, 0.2) is 60.2 Å². The number of benzene rings is 2. The summed E-state index contributed by atoms with van der Waals surface area (Å²) in [7, 11) is 2.10. The van der Waals surface area contributed by atoms with Gasteiger partial charge >= 0.3 is 12.0 Å². The summed E-state index contributed by atoms with van der Waals surface area (Å²) in [6.07, 6.45) is 4.14. The van der Waals surface area contributed by atoms with Gasteiger partial charge in [0.1, 0.15) is 6.33 Å². The zero-order valence-electron chi connectivity index (χ0n) is 20.6. The van der Waals surface area contributed by atoms with E-state index in [-0.39, 0.29) is 18.5 Å². The molecule has 37 heavy (non-hydrogen) atoms. The molecule has 1 aliphatic rings. The summed E-state index contributed by atoms with van der Waals surface area (Å²) in [5, 5.41) is 17.0. The third-order valence-corrected chi connectivity index (χ3v) is 7.69. The van der Waals surface area contributed by atoms with Gasteiger partial charge in [0.25, 0.3) is 0 Å². The van der Waals surface area contributed by atoms with Crippen LogP contribution in [0.2, 0.25) is 0 Å². The summed E-state index contributed by atoms with van der Waals surface area (Å²) in [5.74, 6) is -0.795. The van der Waals surface area contributed by atoms with Crippen molar-refractivity contribution in [1.29, 1.82) is 0 Å². The van der Waals surface area contributed by atoms with Gasteiger partial charge in [-0.25, -0.2) is 14.8 Å². The van der Waals surface area contributed by atoms with E-state index in [1.807, 2.05) is 48.5 Å². The van der Waals surface area contributed by atoms with Crippen LogP contribution in [-0.4, -0.2) is 58.2 Å². The summed E-state index contributed by atoms with van der Waals surface area (Å²) in [6.45, 7) is 1.99. The Kier molecular flexibility index (Phi) is 7.43. The van der Waals surface area contributed by atoms with E-state index in [9.17, 15) is 9.59 Å². The topological polar surface area (TPSA) is 107 Å². The molecule has 0 saturated carbocycles. The first-order chi connectivity index (χ1) is 18.0. The number of nitrogens with one attached hydrogen (secondary N) is 2. The second-order valence-electron chi connectivity index (χ2n) is 9.39. The lowest BCUT2D eigenvalue weighted by Crippen LogP contribution is -2.44. The molecular weight excluding hydrogens is 486 g/mol. The molecule has 0 unspecified atom stereocenters. The van der Waals surface area contributed by atoms with Crippen LogP contribution in [0.3, 0.4) is 0 Å². The highest BCUT2D eigenvalue weighted by Crippen LogP contribution is 2.37. The number of thiophene rings is 1. The van der Waals surface area contributed by atoms with Crippen LogP contribution in [0.5, 0.6) is 0 Å². The zero-order valence-corrected chi connectivity index (χ0v) is 21.4. The number of nitrogens with zero attached hydrogens (tertiary/aromatic N) is 3. The minimum absolute atomic E-state index is 0.120. The number of carbonyl (C=O) groups excluding carboxylic acids is 1. The molecule has 0 spiro atoms. The Labute approximate surface area is 219 Å². The van der Waals surface area contributed by atoms with Crippen LogP contribution in [0.4, 0.5) is 10.5 Å². The van der Waals surface area contributed by atoms with Crippen molar-refractivity contribution >= 4 is 39.2 Å². The number of carbonyl (C=O) groups is 2. The van der Waals surface area contributed by atoms with Crippen molar-refractivity contribution in [1.82, 2.24) is 20.2 Å². The second-order valence-corrected chi connectivity index (χ2v) is 10.3. The number of piperidine rings is 1. The lowest BCUT2D eigenvalue weighted by atomic mass is 10.0. The van der Waals surface area contributed by atoms with E-state index in [4.69, 9.17) is 5.11 Å². The number of fused-ring (bicyclic) bond motifs is 1. The van der Waals surface area contributed by atoms with Gasteiger partial charge in [0, 0.05) is 34.7 Å². The van der Waals surface area contributed by atoms with Gasteiger partial charge in [-0.1, -0.05) is 36.4 Å². The Bertz CT molecular complexity index is 1390. The fourth-order valence-corrected chi connectivity index (χ4v) is 5.62. The molecular formula is C28H29N5O3S. The highest BCUT2D eigenvalue weighted by Gasteiger charge is 2.18. The fourth-order valence-electron chi connectivity index (χ4n) is 4.58. The van der Waals surface area contributed by atoms with Crippen LogP contribution >= 0.6 is 11.3 Å². The Balaban J connectivity index is 1.29. The Morgan fingerprint density at radius 3 is 2.43 bits per heavy atom. The molecule has 3 N–H and O–H groups in total. The van der Waals surface area contributed by atoms with E-state index in [1.54, 1.807) is 17.7 Å². The van der Waals surface area contributed by atoms with Gasteiger partial charge in [-0.05, 0) is 62.7 Å². The molecule has 9 heteroatoms. The monoisotopic (exact) mass is 515 g/mol. The van der Waals surface area contributed by atoms with Gasteiger partial charge < -0.3 is 20.6 Å². The molecule has 1 fully saturated rings. The minimum Gasteiger partial charge on any atom is -0.481 e. The Morgan fingerprint density at radius 1 is 1.03 bits per heavy atom. The molecule has 4 aromatic rings. The maximum atomic E-state index is 12.4. The number of aliphatic carboxylic acids is 1. The Morgan fingerprint density at radius 2 is 1.73 bits per heavy atom. The van der Waals surface area contributed by atoms with E-state index in [1.165, 1.54) is 0 Å². The quantitative estimate of drug-likeness (QED) is 0.310. The third kappa shape index (κ3) is 5.95. The first-order valence-electron chi connectivity index (χ1n) is 12.4. The van der Waals surface area contributed by atoms with Gasteiger partial charge in [0.15, 0.2) is 0 Å². The standard InChI is InChI=1S/C28H29N5O3S/c1-33-14-12-22(13-15-33)32-28(36)31-21-9-7-20(8-10-21)25-27-26(30-17-29-25)23(16-37-27)19-5-2-18(3-6-19)4-11-24(34)35/h2-3,5-10,16-17,22H,4,11-15H2,1H3,(H,34,35)(H2,31,32,36). The van der Waals surface area contributed by atoms with Crippen molar-refractivity contribution in [2.45, 2.75) is 31.7 Å². The van der Waals surface area contributed by atoms with E-state index in [2.05, 4.69) is 37.9 Å². The molecule has 0 radical (unpaired) electrons. The van der Waals surface area contributed by atoms with Crippen molar-refractivity contribution in [2.75, 3.05) is 25.5 Å². The number of carboxylic acids is 1. The molecule has 0 bridgehead atoms. The largest absolute Gasteiger partial charge is 0.481 e. The van der Waals surface area contributed by atoms with Crippen molar-refractivity contribution in [2.24, 2.45) is 0 Å². The van der Waals surface area contributed by atoms with Crippen LogP contribution in [0.25, 0.3) is 32.6 Å². The summed E-state index contributed by atoms with van der Waals surface area (Å²) < 4.78 is 0.994. The third-order valence-electron chi connectivity index (χ3n) is 6.72.